The van der Waals surface area contributed by atoms with Gasteiger partial charge in [-0.2, -0.15) is 10.2 Å². The predicted molar refractivity (Wildman–Crippen MR) is 104 cm³/mol. The van der Waals surface area contributed by atoms with Crippen LogP contribution in [-0.4, -0.2) is 26.8 Å². The fraction of sp³-hybridized carbons (Fsp3) is 0.0556. The summed E-state index contributed by atoms with van der Waals surface area (Å²) in [6, 6.07) is 15.3. The summed E-state index contributed by atoms with van der Waals surface area (Å²) >= 11 is 3.39. The molecule has 9 heteroatoms. The minimum Gasteiger partial charge on any atom is -0.268 e. The Morgan fingerprint density at radius 2 is 1.89 bits per heavy atom. The van der Waals surface area contributed by atoms with Crippen LogP contribution in [0, 0.1) is 10.1 Å². The Labute approximate surface area is 162 Å². The average Bonchev–Trinajstić information content (AvgIpc) is 3.12. The van der Waals surface area contributed by atoms with E-state index in [1.54, 1.807) is 29.1 Å². The minimum atomic E-state index is -0.479. The number of amides is 1. The van der Waals surface area contributed by atoms with Crippen molar-refractivity contribution < 1.29 is 9.72 Å². The first-order valence-corrected chi connectivity index (χ1v) is 8.66. The van der Waals surface area contributed by atoms with E-state index in [0.29, 0.717) is 12.1 Å². The Kier molecular flexibility index (Phi) is 5.72. The Morgan fingerprint density at radius 3 is 2.56 bits per heavy atom. The average molecular weight is 428 g/mol. The van der Waals surface area contributed by atoms with Crippen molar-refractivity contribution in [3.63, 3.8) is 0 Å². The summed E-state index contributed by atoms with van der Waals surface area (Å²) in [5, 5.41) is 18.7. The lowest BCUT2D eigenvalue weighted by Gasteiger charge is -2.02. The van der Waals surface area contributed by atoms with E-state index in [1.807, 2.05) is 24.3 Å². The van der Waals surface area contributed by atoms with Crippen molar-refractivity contribution in [2.75, 3.05) is 0 Å². The van der Waals surface area contributed by atoms with E-state index in [0.717, 1.165) is 10.0 Å². The van der Waals surface area contributed by atoms with Crippen LogP contribution >= 0.6 is 15.9 Å². The zero-order valence-corrected chi connectivity index (χ0v) is 15.5. The van der Waals surface area contributed by atoms with Crippen LogP contribution in [-0.2, 0) is 6.54 Å². The Hall–Kier alpha value is -3.33. The van der Waals surface area contributed by atoms with Crippen molar-refractivity contribution in [2.45, 2.75) is 6.54 Å². The number of carbonyl (C=O) groups excluding carboxylic acids is 1. The van der Waals surface area contributed by atoms with Gasteiger partial charge in [0.15, 0.2) is 5.69 Å². The zero-order valence-electron chi connectivity index (χ0n) is 13.9. The van der Waals surface area contributed by atoms with Crippen LogP contribution in [0.2, 0.25) is 0 Å². The van der Waals surface area contributed by atoms with Crippen molar-refractivity contribution in [2.24, 2.45) is 5.10 Å². The molecule has 8 nitrogen and oxygen atoms in total. The van der Waals surface area contributed by atoms with E-state index >= 15 is 0 Å². The van der Waals surface area contributed by atoms with E-state index in [-0.39, 0.29) is 11.4 Å². The van der Waals surface area contributed by atoms with Crippen molar-refractivity contribution in [1.82, 2.24) is 15.2 Å². The monoisotopic (exact) mass is 427 g/mol. The highest BCUT2D eigenvalue weighted by atomic mass is 79.9. The lowest BCUT2D eigenvalue weighted by molar-refractivity contribution is -0.384. The molecule has 0 unspecified atom stereocenters. The molecule has 0 aliphatic carbocycles. The second-order valence-electron chi connectivity index (χ2n) is 5.57. The first kappa shape index (κ1) is 18.5. The van der Waals surface area contributed by atoms with E-state index < -0.39 is 10.8 Å². The van der Waals surface area contributed by atoms with E-state index in [4.69, 9.17) is 0 Å². The van der Waals surface area contributed by atoms with Gasteiger partial charge in [0.2, 0.25) is 0 Å². The number of hydrogen-bond donors (Lipinski definition) is 1. The molecule has 2 aromatic carbocycles. The molecular weight excluding hydrogens is 414 g/mol. The summed E-state index contributed by atoms with van der Waals surface area (Å²) in [6.07, 6.45) is 3.12. The van der Waals surface area contributed by atoms with E-state index in [2.05, 4.69) is 31.6 Å². The molecule has 1 N–H and O–H groups in total. The summed E-state index contributed by atoms with van der Waals surface area (Å²) < 4.78 is 2.66. The van der Waals surface area contributed by atoms with Gasteiger partial charge in [-0.05, 0) is 41.5 Å². The number of aromatic nitrogens is 2. The molecular formula is C18H14BrN5O3. The smallest absolute Gasteiger partial charge is 0.268 e. The number of nitrogens with zero attached hydrogens (tertiary/aromatic N) is 4. The number of benzene rings is 2. The van der Waals surface area contributed by atoms with Crippen molar-refractivity contribution >= 4 is 33.7 Å². The second-order valence-corrected chi connectivity index (χ2v) is 6.49. The van der Waals surface area contributed by atoms with Gasteiger partial charge in [0.05, 0.1) is 17.7 Å². The number of hydrazone groups is 1. The largest absolute Gasteiger partial charge is 0.291 e. The van der Waals surface area contributed by atoms with Gasteiger partial charge in [0.1, 0.15) is 0 Å². The number of hydrogen-bond acceptors (Lipinski definition) is 5. The van der Waals surface area contributed by atoms with E-state index in [9.17, 15) is 14.9 Å². The number of nitrogens with one attached hydrogen (secondary N) is 1. The lowest BCUT2D eigenvalue weighted by atomic mass is 10.2. The van der Waals surface area contributed by atoms with Gasteiger partial charge < -0.3 is 0 Å². The standard InChI is InChI=1S/C18H14BrN5O3/c19-15-5-1-14(2-6-15)12-23-10-9-17(22-23)18(25)21-20-11-13-3-7-16(8-4-13)24(26)27/h1-11H,12H2,(H,21,25)/b20-11-. The maximum Gasteiger partial charge on any atom is 0.291 e. The quantitative estimate of drug-likeness (QED) is 0.370. The van der Waals surface area contributed by atoms with Gasteiger partial charge >= 0.3 is 0 Å². The third kappa shape index (κ3) is 5.08. The molecule has 0 aliphatic rings. The Balaban J connectivity index is 1.57. The third-order valence-corrected chi connectivity index (χ3v) is 4.14. The summed E-state index contributed by atoms with van der Waals surface area (Å²) in [5.74, 6) is -0.442. The molecule has 0 saturated carbocycles. The number of halogens is 1. The van der Waals surface area contributed by atoms with Gasteiger partial charge in [-0.3, -0.25) is 19.6 Å². The van der Waals surface area contributed by atoms with Crippen LogP contribution in [0.5, 0.6) is 0 Å². The van der Waals surface area contributed by atoms with Crippen molar-refractivity contribution in [3.05, 3.63) is 92.2 Å². The molecule has 1 aromatic heterocycles. The van der Waals surface area contributed by atoms with Gasteiger partial charge in [-0.15, -0.1) is 0 Å². The molecule has 27 heavy (non-hydrogen) atoms. The molecule has 0 bridgehead atoms. The van der Waals surface area contributed by atoms with Crippen LogP contribution in [0.3, 0.4) is 0 Å². The molecule has 0 spiro atoms. The molecule has 0 radical (unpaired) electrons. The molecule has 3 aromatic rings. The van der Waals surface area contributed by atoms with Gasteiger partial charge in [-0.1, -0.05) is 28.1 Å². The molecule has 0 saturated heterocycles. The Bertz CT molecular complexity index is 981. The van der Waals surface area contributed by atoms with Crippen molar-refractivity contribution in [1.29, 1.82) is 0 Å². The third-order valence-electron chi connectivity index (χ3n) is 3.61. The summed E-state index contributed by atoms with van der Waals surface area (Å²) in [4.78, 5) is 22.2. The molecule has 1 heterocycles. The highest BCUT2D eigenvalue weighted by molar-refractivity contribution is 9.10. The number of nitro groups is 1. The van der Waals surface area contributed by atoms with Crippen LogP contribution in [0.1, 0.15) is 21.6 Å². The fourth-order valence-corrected chi connectivity index (χ4v) is 2.52. The number of non-ortho nitro benzene ring substituents is 1. The van der Waals surface area contributed by atoms with Crippen LogP contribution < -0.4 is 5.43 Å². The van der Waals surface area contributed by atoms with Crippen molar-refractivity contribution in [3.8, 4) is 0 Å². The fourth-order valence-electron chi connectivity index (χ4n) is 2.25. The molecule has 0 fully saturated rings. The maximum absolute atomic E-state index is 12.1. The SMILES string of the molecule is O=C(N/N=C\c1ccc([N+](=O)[O-])cc1)c1ccn(Cc2ccc(Br)cc2)n1. The summed E-state index contributed by atoms with van der Waals surface area (Å²) in [5.41, 5.74) is 4.31. The summed E-state index contributed by atoms with van der Waals surface area (Å²) in [6.45, 7) is 0.548. The van der Waals surface area contributed by atoms with Crippen LogP contribution in [0.25, 0.3) is 0 Å². The van der Waals surface area contributed by atoms with E-state index in [1.165, 1.54) is 18.3 Å². The number of nitro benzene ring substituents is 1. The highest BCUT2D eigenvalue weighted by Crippen LogP contribution is 2.12. The number of rotatable bonds is 6. The molecule has 0 aliphatic heterocycles. The molecule has 136 valence electrons. The van der Waals surface area contributed by atoms with Gasteiger partial charge in [0, 0.05) is 22.8 Å². The minimum absolute atomic E-state index is 0.00695. The highest BCUT2D eigenvalue weighted by Gasteiger charge is 2.09. The topological polar surface area (TPSA) is 102 Å². The molecule has 0 atom stereocenters. The van der Waals surface area contributed by atoms with Gasteiger partial charge in [-0.25, -0.2) is 5.43 Å². The predicted octanol–water partition coefficient (Wildman–Crippen LogP) is 3.37. The summed E-state index contributed by atoms with van der Waals surface area (Å²) in [7, 11) is 0. The molecule has 1 amide bonds. The Morgan fingerprint density at radius 1 is 1.19 bits per heavy atom. The van der Waals surface area contributed by atoms with Crippen LogP contribution in [0.15, 0.2) is 70.4 Å². The van der Waals surface area contributed by atoms with Gasteiger partial charge in [0.25, 0.3) is 11.6 Å². The first-order valence-electron chi connectivity index (χ1n) is 7.87. The zero-order chi connectivity index (χ0) is 19.2. The first-order chi connectivity index (χ1) is 13.0. The normalized spacial score (nSPS) is 10.9. The molecule has 3 rings (SSSR count). The lowest BCUT2D eigenvalue weighted by Crippen LogP contribution is -2.18. The maximum atomic E-state index is 12.1. The van der Waals surface area contributed by atoms with Crippen LogP contribution in [0.4, 0.5) is 5.69 Å². The number of carbonyl (C=O) groups is 1. The second kappa shape index (κ2) is 8.37.